The van der Waals surface area contributed by atoms with Crippen molar-refractivity contribution in [3.63, 3.8) is 0 Å². The minimum atomic E-state index is -0.262. The van der Waals surface area contributed by atoms with E-state index in [9.17, 15) is 4.39 Å². The highest BCUT2D eigenvalue weighted by atomic mass is 35.5. The molecule has 0 saturated carbocycles. The molecule has 1 fully saturated rings. The Hall–Kier alpha value is -2.25. The number of halogens is 2. The van der Waals surface area contributed by atoms with E-state index in [0.717, 1.165) is 36.8 Å². The van der Waals surface area contributed by atoms with Gasteiger partial charge in [0.05, 0.1) is 0 Å². The van der Waals surface area contributed by atoms with Gasteiger partial charge in [-0.25, -0.2) is 9.37 Å². The largest absolute Gasteiger partial charge is 0.350 e. The summed E-state index contributed by atoms with van der Waals surface area (Å²) in [6.45, 7) is 4.15. The van der Waals surface area contributed by atoms with Crippen molar-refractivity contribution in [2.75, 3.05) is 25.0 Å². The first-order chi connectivity index (χ1) is 12.6. The molecule has 1 aromatic carbocycles. The van der Waals surface area contributed by atoms with Crippen LogP contribution in [0.5, 0.6) is 0 Å². The van der Waals surface area contributed by atoms with Crippen LogP contribution in [0.1, 0.15) is 18.3 Å². The molecule has 8 heteroatoms. The zero-order valence-corrected chi connectivity index (χ0v) is 15.5. The molecule has 136 valence electrons. The van der Waals surface area contributed by atoms with Crippen LogP contribution in [-0.4, -0.2) is 50.7 Å². The first-order valence-electron chi connectivity index (χ1n) is 8.65. The molecule has 1 aliphatic rings. The first kappa shape index (κ1) is 17.2. The van der Waals surface area contributed by atoms with Crippen LogP contribution in [0.25, 0.3) is 5.65 Å². The number of aromatic nitrogens is 4. The van der Waals surface area contributed by atoms with Crippen LogP contribution in [0.3, 0.4) is 0 Å². The van der Waals surface area contributed by atoms with E-state index in [0.29, 0.717) is 23.2 Å². The molecule has 1 saturated heterocycles. The molecular weight excluding hydrogens is 355 g/mol. The maximum atomic E-state index is 14.0. The molecule has 0 N–H and O–H groups in total. The highest BCUT2D eigenvalue weighted by Crippen LogP contribution is 2.27. The van der Waals surface area contributed by atoms with Crippen molar-refractivity contribution in [3.8, 4) is 0 Å². The maximum Gasteiger partial charge on any atom is 0.203 e. The number of hydrogen-bond acceptors (Lipinski definition) is 5. The molecule has 0 atom stereocenters. The SMILES string of the molecule is CCc1nnc2c(N3CC(N(C)Cc4c(F)cccc4Cl)C3)nccn12. The number of benzene rings is 1. The molecule has 3 aromatic rings. The van der Waals surface area contributed by atoms with Crippen molar-refractivity contribution in [3.05, 3.63) is 52.8 Å². The molecule has 0 amide bonds. The minimum absolute atomic E-state index is 0.262. The molecule has 2 aromatic heterocycles. The Morgan fingerprint density at radius 3 is 2.85 bits per heavy atom. The number of fused-ring (bicyclic) bond motifs is 1. The third-order valence-electron chi connectivity index (χ3n) is 4.95. The molecular formula is C18H20ClFN6. The monoisotopic (exact) mass is 374 g/mol. The normalized spacial score (nSPS) is 15.0. The van der Waals surface area contributed by atoms with Gasteiger partial charge < -0.3 is 4.90 Å². The average Bonchev–Trinajstić information content (AvgIpc) is 3.01. The van der Waals surface area contributed by atoms with Crippen LogP contribution in [0.2, 0.25) is 5.02 Å². The predicted octanol–water partition coefficient (Wildman–Crippen LogP) is 2.80. The van der Waals surface area contributed by atoms with E-state index in [1.165, 1.54) is 6.07 Å². The molecule has 0 unspecified atom stereocenters. The molecule has 0 radical (unpaired) electrons. The molecule has 26 heavy (non-hydrogen) atoms. The topological polar surface area (TPSA) is 49.6 Å². The Bertz CT molecular complexity index is 916. The number of likely N-dealkylation sites (N-methyl/N-ethyl adjacent to an activating group) is 1. The van der Waals surface area contributed by atoms with E-state index in [2.05, 4.69) is 31.9 Å². The summed E-state index contributed by atoms with van der Waals surface area (Å²) in [7, 11) is 1.99. The minimum Gasteiger partial charge on any atom is -0.350 e. The molecule has 0 bridgehead atoms. The lowest BCUT2D eigenvalue weighted by Crippen LogP contribution is -2.58. The number of aryl methyl sites for hydroxylation is 1. The molecule has 0 aliphatic carbocycles. The van der Waals surface area contributed by atoms with Gasteiger partial charge in [-0.2, -0.15) is 0 Å². The molecule has 3 heterocycles. The number of anilines is 1. The van der Waals surface area contributed by atoms with Gasteiger partial charge in [-0.15, -0.1) is 10.2 Å². The number of rotatable bonds is 5. The Labute approximate surface area is 156 Å². The van der Waals surface area contributed by atoms with Gasteiger partial charge in [-0.1, -0.05) is 24.6 Å². The van der Waals surface area contributed by atoms with Gasteiger partial charge in [0.25, 0.3) is 0 Å². The summed E-state index contributed by atoms with van der Waals surface area (Å²) in [5.41, 5.74) is 1.32. The van der Waals surface area contributed by atoms with Gasteiger partial charge in [0.1, 0.15) is 11.6 Å². The fourth-order valence-electron chi connectivity index (χ4n) is 3.29. The van der Waals surface area contributed by atoms with Gasteiger partial charge in [-0.3, -0.25) is 9.30 Å². The first-order valence-corrected chi connectivity index (χ1v) is 9.03. The summed E-state index contributed by atoms with van der Waals surface area (Å²) in [4.78, 5) is 8.79. The third kappa shape index (κ3) is 2.91. The zero-order chi connectivity index (χ0) is 18.3. The Balaban J connectivity index is 1.46. The Kier molecular flexibility index (Phi) is 4.50. The van der Waals surface area contributed by atoms with Crippen molar-refractivity contribution < 1.29 is 4.39 Å². The van der Waals surface area contributed by atoms with Gasteiger partial charge in [0, 0.05) is 55.1 Å². The number of hydrogen-bond donors (Lipinski definition) is 0. The van der Waals surface area contributed by atoms with Crippen LogP contribution >= 0.6 is 11.6 Å². The van der Waals surface area contributed by atoms with Crippen LogP contribution in [-0.2, 0) is 13.0 Å². The lowest BCUT2D eigenvalue weighted by Gasteiger charge is -2.44. The van der Waals surface area contributed by atoms with Crippen LogP contribution in [0.4, 0.5) is 10.2 Å². The number of nitrogens with zero attached hydrogens (tertiary/aromatic N) is 6. The molecule has 0 spiro atoms. The lowest BCUT2D eigenvalue weighted by atomic mass is 10.1. The summed E-state index contributed by atoms with van der Waals surface area (Å²) < 4.78 is 16.0. The van der Waals surface area contributed by atoms with E-state index in [1.54, 1.807) is 18.3 Å². The lowest BCUT2D eigenvalue weighted by molar-refractivity contribution is 0.195. The third-order valence-corrected chi connectivity index (χ3v) is 5.30. The van der Waals surface area contributed by atoms with E-state index < -0.39 is 0 Å². The molecule has 6 nitrogen and oxygen atoms in total. The van der Waals surface area contributed by atoms with E-state index in [-0.39, 0.29) is 5.82 Å². The highest BCUT2D eigenvalue weighted by molar-refractivity contribution is 6.31. The fraction of sp³-hybridized carbons (Fsp3) is 0.389. The second-order valence-electron chi connectivity index (χ2n) is 6.59. The van der Waals surface area contributed by atoms with Crippen LogP contribution in [0, 0.1) is 5.82 Å². The standard InChI is InChI=1S/C18H20ClFN6/c1-3-16-22-23-18-17(21-7-8-26(16)18)25-9-12(10-25)24(2)11-13-14(19)5-4-6-15(13)20/h4-8,12H,3,9-11H2,1-2H3. The van der Waals surface area contributed by atoms with Gasteiger partial charge >= 0.3 is 0 Å². The molecule has 4 rings (SSSR count). The summed E-state index contributed by atoms with van der Waals surface area (Å²) in [5, 5.41) is 8.97. The van der Waals surface area contributed by atoms with Gasteiger partial charge in [-0.05, 0) is 19.2 Å². The van der Waals surface area contributed by atoms with Gasteiger partial charge in [0.15, 0.2) is 5.82 Å². The van der Waals surface area contributed by atoms with E-state index in [1.807, 2.05) is 17.6 Å². The van der Waals surface area contributed by atoms with Crippen molar-refractivity contribution in [1.82, 2.24) is 24.5 Å². The zero-order valence-electron chi connectivity index (χ0n) is 14.7. The van der Waals surface area contributed by atoms with Crippen molar-refractivity contribution in [1.29, 1.82) is 0 Å². The maximum absolute atomic E-state index is 14.0. The van der Waals surface area contributed by atoms with Crippen molar-refractivity contribution >= 4 is 23.1 Å². The average molecular weight is 375 g/mol. The predicted molar refractivity (Wildman–Crippen MR) is 99.0 cm³/mol. The Morgan fingerprint density at radius 1 is 1.31 bits per heavy atom. The van der Waals surface area contributed by atoms with Crippen molar-refractivity contribution in [2.45, 2.75) is 25.9 Å². The second-order valence-corrected chi connectivity index (χ2v) is 7.00. The summed E-state index contributed by atoms with van der Waals surface area (Å²) in [6.07, 6.45) is 4.49. The van der Waals surface area contributed by atoms with Crippen molar-refractivity contribution in [2.24, 2.45) is 0 Å². The Morgan fingerprint density at radius 2 is 2.12 bits per heavy atom. The quantitative estimate of drug-likeness (QED) is 0.687. The van der Waals surface area contributed by atoms with Gasteiger partial charge in [0.2, 0.25) is 5.65 Å². The summed E-state index contributed by atoms with van der Waals surface area (Å²) in [6, 6.07) is 5.11. The van der Waals surface area contributed by atoms with Crippen LogP contribution < -0.4 is 4.90 Å². The smallest absolute Gasteiger partial charge is 0.203 e. The molecule has 1 aliphatic heterocycles. The summed E-state index contributed by atoms with van der Waals surface area (Å²) >= 11 is 6.14. The van der Waals surface area contributed by atoms with E-state index >= 15 is 0 Å². The fourth-order valence-corrected chi connectivity index (χ4v) is 3.52. The van der Waals surface area contributed by atoms with E-state index in [4.69, 9.17) is 11.6 Å². The summed E-state index contributed by atoms with van der Waals surface area (Å²) in [5.74, 6) is 1.50. The second kappa shape index (κ2) is 6.81. The van der Waals surface area contributed by atoms with Crippen LogP contribution in [0.15, 0.2) is 30.6 Å². The highest BCUT2D eigenvalue weighted by Gasteiger charge is 2.33.